The molecule has 4 saturated heterocycles. The Morgan fingerprint density at radius 3 is 2.26 bits per heavy atom. The molecule has 1 atom stereocenters. The lowest BCUT2D eigenvalue weighted by Gasteiger charge is -2.44. The predicted octanol–water partition coefficient (Wildman–Crippen LogP) is 7.31. The number of ether oxygens (including phenoxy) is 1. The first-order chi connectivity index (χ1) is 32.8. The zero-order chi connectivity index (χ0) is 47.7. The summed E-state index contributed by atoms with van der Waals surface area (Å²) in [7, 11) is -1.78. The topological polar surface area (TPSA) is 156 Å². The van der Waals surface area contributed by atoms with E-state index in [0.717, 1.165) is 109 Å². The van der Waals surface area contributed by atoms with E-state index in [9.17, 15) is 18.0 Å². The van der Waals surface area contributed by atoms with Crippen molar-refractivity contribution in [3.05, 3.63) is 81.5 Å². The van der Waals surface area contributed by atoms with Gasteiger partial charge in [-0.1, -0.05) is 19.1 Å². The molecule has 9 rings (SSSR count). The number of para-hydroxylation sites is 1. The monoisotopic (exact) mass is 1020 g/mol. The van der Waals surface area contributed by atoms with E-state index < -0.39 is 39.4 Å². The van der Waals surface area contributed by atoms with Gasteiger partial charge < -0.3 is 30.1 Å². The third-order valence-corrected chi connectivity index (χ3v) is 16.3. The number of amides is 2. The van der Waals surface area contributed by atoms with Crippen LogP contribution >= 0.6 is 15.9 Å². The number of anilines is 7. The summed E-state index contributed by atoms with van der Waals surface area (Å²) in [5, 5.41) is 8.94. The molecule has 0 saturated carbocycles. The van der Waals surface area contributed by atoms with E-state index in [2.05, 4.69) is 70.6 Å². The minimum absolute atomic E-state index is 0.0689. The number of carbonyl (C=O) groups is 2. The van der Waals surface area contributed by atoms with Crippen molar-refractivity contribution in [1.82, 2.24) is 25.1 Å². The summed E-state index contributed by atoms with van der Waals surface area (Å²) in [5.74, 6) is -1.39. The Kier molecular flexibility index (Phi) is 14.4. The van der Waals surface area contributed by atoms with E-state index in [0.29, 0.717) is 64.0 Å². The van der Waals surface area contributed by atoms with Crippen LogP contribution in [-0.2, 0) is 32.5 Å². The molecule has 19 heteroatoms. The minimum atomic E-state index is -3.45. The Morgan fingerprint density at radius 1 is 0.868 bits per heavy atom. The number of benzene rings is 3. The summed E-state index contributed by atoms with van der Waals surface area (Å²) in [6.45, 7) is 11.2. The number of hydrogen-bond donors (Lipinski definition) is 3. The van der Waals surface area contributed by atoms with Crippen LogP contribution in [0.1, 0.15) is 74.5 Å². The first-order valence-electron chi connectivity index (χ1n) is 23.9. The Morgan fingerprint density at radius 2 is 1.59 bits per heavy atom. The number of nitrogens with one attached hydrogen (secondary N) is 3. The van der Waals surface area contributed by atoms with E-state index in [1.807, 2.05) is 23.1 Å². The van der Waals surface area contributed by atoms with Gasteiger partial charge in [0.2, 0.25) is 27.8 Å². The maximum atomic E-state index is 15.2. The van der Waals surface area contributed by atoms with E-state index in [-0.39, 0.29) is 18.4 Å². The summed E-state index contributed by atoms with van der Waals surface area (Å²) in [6.07, 6.45) is 9.77. The number of sulfonamides is 1. The number of carbonyl (C=O) groups excluding carboxylic acids is 2. The maximum Gasteiger partial charge on any atom is 0.234 e. The lowest BCUT2D eigenvalue weighted by molar-refractivity contribution is -0.134. The van der Waals surface area contributed by atoms with Gasteiger partial charge in [0, 0.05) is 101 Å². The van der Waals surface area contributed by atoms with Gasteiger partial charge in [0.1, 0.15) is 23.2 Å². The van der Waals surface area contributed by atoms with Crippen molar-refractivity contribution in [2.24, 2.45) is 5.92 Å². The third-order valence-electron chi connectivity index (χ3n) is 14.6. The number of halogens is 3. The molecular formula is C49H61BrF2N10O5S. The molecule has 4 aromatic rings. The molecule has 0 radical (unpaired) electrons. The third kappa shape index (κ3) is 10.4. The van der Waals surface area contributed by atoms with Crippen LogP contribution in [0.15, 0.2) is 53.1 Å². The SMILES string of the molecule is CCc1cc(Nc2ncc(Br)c(Nc3cccc4c3N(S(C)(=O)=O)CC4)n2)c(OC)cc1N1CCC(N2CCN(CCC3CCN(c4cc(F)c(C5CCC(=O)NC5=O)c(F)c4)CC3)CC2)CC1. The smallest absolute Gasteiger partial charge is 0.234 e. The Hall–Kier alpha value is -5.11. The van der Waals surface area contributed by atoms with Gasteiger partial charge in [-0.15, -0.1) is 0 Å². The number of hydrogen-bond acceptors (Lipinski definition) is 13. The van der Waals surface area contributed by atoms with E-state index in [1.54, 1.807) is 13.3 Å². The minimum Gasteiger partial charge on any atom is -0.494 e. The molecular weight excluding hydrogens is 959 g/mol. The number of imide groups is 1. The molecule has 15 nitrogen and oxygen atoms in total. The van der Waals surface area contributed by atoms with Crippen molar-refractivity contribution < 1.29 is 31.5 Å². The summed E-state index contributed by atoms with van der Waals surface area (Å²) < 4.78 is 63.7. The van der Waals surface area contributed by atoms with E-state index in [1.165, 1.54) is 33.9 Å². The molecule has 5 aliphatic heterocycles. The van der Waals surface area contributed by atoms with Gasteiger partial charge in [0.15, 0.2) is 0 Å². The molecule has 1 unspecified atom stereocenters. The molecule has 1 aromatic heterocycles. The maximum absolute atomic E-state index is 15.2. The van der Waals surface area contributed by atoms with Crippen LogP contribution in [-0.4, -0.2) is 125 Å². The van der Waals surface area contributed by atoms with Gasteiger partial charge >= 0.3 is 0 Å². The fourth-order valence-electron chi connectivity index (χ4n) is 10.8. The number of aromatic nitrogens is 2. The molecule has 3 N–H and O–H groups in total. The molecule has 0 spiro atoms. The molecule has 2 amide bonds. The molecule has 5 aliphatic rings. The molecule has 0 aliphatic carbocycles. The number of aryl methyl sites for hydroxylation is 1. The van der Waals surface area contributed by atoms with Crippen LogP contribution in [0.5, 0.6) is 5.75 Å². The highest BCUT2D eigenvalue weighted by Gasteiger charge is 2.34. The van der Waals surface area contributed by atoms with Crippen molar-refractivity contribution in [3.63, 3.8) is 0 Å². The van der Waals surface area contributed by atoms with Gasteiger partial charge in [0.25, 0.3) is 0 Å². The number of fused-ring (bicyclic) bond motifs is 1. The van der Waals surface area contributed by atoms with Crippen molar-refractivity contribution in [2.45, 2.75) is 76.7 Å². The number of piperidine rings is 3. The van der Waals surface area contributed by atoms with Gasteiger partial charge in [-0.3, -0.25) is 24.1 Å². The van der Waals surface area contributed by atoms with Gasteiger partial charge in [0.05, 0.1) is 40.8 Å². The molecule has 364 valence electrons. The quantitative estimate of drug-likeness (QED) is 0.108. The lowest BCUT2D eigenvalue weighted by atomic mass is 9.89. The van der Waals surface area contributed by atoms with Crippen LogP contribution in [0.25, 0.3) is 0 Å². The zero-order valence-corrected chi connectivity index (χ0v) is 41.4. The fraction of sp³-hybridized carbons (Fsp3) is 0.510. The highest BCUT2D eigenvalue weighted by atomic mass is 79.9. The van der Waals surface area contributed by atoms with Crippen LogP contribution in [0, 0.1) is 17.6 Å². The average molecular weight is 1020 g/mol. The van der Waals surface area contributed by atoms with Crippen molar-refractivity contribution in [3.8, 4) is 5.75 Å². The highest BCUT2D eigenvalue weighted by molar-refractivity contribution is 9.10. The number of rotatable bonds is 14. The second-order valence-electron chi connectivity index (χ2n) is 18.7. The number of methoxy groups -OCH3 is 1. The molecule has 0 bridgehead atoms. The van der Waals surface area contributed by atoms with Crippen molar-refractivity contribution >= 4 is 78.0 Å². The van der Waals surface area contributed by atoms with Gasteiger partial charge in [-0.2, -0.15) is 4.98 Å². The molecule has 3 aromatic carbocycles. The number of nitrogens with zero attached hydrogens (tertiary/aromatic N) is 7. The average Bonchev–Trinajstić information content (AvgIpc) is 3.79. The summed E-state index contributed by atoms with van der Waals surface area (Å²) in [5.41, 5.74) is 5.64. The van der Waals surface area contributed by atoms with Crippen LogP contribution < -0.4 is 34.8 Å². The van der Waals surface area contributed by atoms with E-state index >= 15 is 8.78 Å². The Balaban J connectivity index is 0.742. The van der Waals surface area contributed by atoms with Gasteiger partial charge in [-0.05, 0) is 115 Å². The zero-order valence-electron chi connectivity index (χ0n) is 39.0. The summed E-state index contributed by atoms with van der Waals surface area (Å²) in [6, 6.07) is 13.2. The van der Waals surface area contributed by atoms with Gasteiger partial charge in [-0.25, -0.2) is 22.2 Å². The summed E-state index contributed by atoms with van der Waals surface area (Å²) in [4.78, 5) is 43.0. The highest BCUT2D eigenvalue weighted by Crippen LogP contribution is 2.41. The predicted molar refractivity (Wildman–Crippen MR) is 265 cm³/mol. The lowest BCUT2D eigenvalue weighted by Crippen LogP contribution is -2.53. The Bertz CT molecular complexity index is 2610. The normalized spacial score (nSPS) is 20.1. The first-order valence-corrected chi connectivity index (χ1v) is 26.6. The fourth-order valence-corrected chi connectivity index (χ4v) is 12.1. The molecule has 68 heavy (non-hydrogen) atoms. The number of piperazine rings is 1. The standard InChI is InChI=1S/C49H61BrF2N10O5S/c1-4-32-26-41(55-49-53-30-37(50)47(57-49)54-40-7-5-6-33-13-21-62(46(33)40)68(3,65)66)43(67-2)29-42(32)61-19-14-34(15-20-61)60-24-22-58(23-25-60)16-10-31-11-17-59(18-12-31)35-27-38(51)45(39(52)28-35)36-8-9-44(63)56-48(36)64/h5-7,26-31,34,36H,4,8-25H2,1-3H3,(H,56,63,64)(H2,53,54,55,57). The largest absolute Gasteiger partial charge is 0.494 e. The Labute approximate surface area is 406 Å². The molecule has 4 fully saturated rings. The van der Waals surface area contributed by atoms with Crippen LogP contribution in [0.4, 0.5) is 49.0 Å². The first kappa shape index (κ1) is 47.9. The second kappa shape index (κ2) is 20.5. The van der Waals surface area contributed by atoms with Crippen molar-refractivity contribution in [1.29, 1.82) is 0 Å². The summed E-state index contributed by atoms with van der Waals surface area (Å²) >= 11 is 3.58. The van der Waals surface area contributed by atoms with E-state index in [4.69, 9.17) is 9.72 Å². The van der Waals surface area contributed by atoms with Crippen molar-refractivity contribution in [2.75, 3.05) is 104 Å². The second-order valence-corrected chi connectivity index (χ2v) is 21.5. The molecule has 6 heterocycles. The van der Waals surface area contributed by atoms with Crippen LogP contribution in [0.3, 0.4) is 0 Å². The van der Waals surface area contributed by atoms with Crippen LogP contribution in [0.2, 0.25) is 0 Å².